The van der Waals surface area contributed by atoms with E-state index in [1.54, 1.807) is 12.1 Å². The summed E-state index contributed by atoms with van der Waals surface area (Å²) in [5, 5.41) is 9.01. The van der Waals surface area contributed by atoms with Crippen molar-refractivity contribution in [2.24, 2.45) is 0 Å². The molecular formula is C11H14O3. The van der Waals surface area contributed by atoms with Crippen molar-refractivity contribution in [1.82, 2.24) is 0 Å². The number of hydrogen-bond donors (Lipinski definition) is 1. The number of phenols is 1. The van der Waals surface area contributed by atoms with Gasteiger partial charge in [-0.2, -0.15) is 0 Å². The van der Waals surface area contributed by atoms with Crippen LogP contribution in [0.1, 0.15) is 23.7 Å². The van der Waals surface area contributed by atoms with Crippen LogP contribution in [0.15, 0.2) is 24.3 Å². The van der Waals surface area contributed by atoms with Crippen LogP contribution in [0.2, 0.25) is 0 Å². The zero-order chi connectivity index (χ0) is 10.4. The van der Waals surface area contributed by atoms with E-state index in [-0.39, 0.29) is 18.1 Å². The van der Waals surface area contributed by atoms with Gasteiger partial charge in [-0.15, -0.1) is 0 Å². The van der Waals surface area contributed by atoms with Gasteiger partial charge in [0.15, 0.2) is 5.78 Å². The van der Waals surface area contributed by atoms with Gasteiger partial charge in [-0.3, -0.25) is 4.79 Å². The van der Waals surface area contributed by atoms with E-state index in [4.69, 9.17) is 9.84 Å². The van der Waals surface area contributed by atoms with Gasteiger partial charge in [-0.1, -0.05) is 6.92 Å². The van der Waals surface area contributed by atoms with Crippen LogP contribution >= 0.6 is 0 Å². The van der Waals surface area contributed by atoms with Crippen molar-refractivity contribution in [3.05, 3.63) is 29.8 Å². The van der Waals surface area contributed by atoms with Gasteiger partial charge in [0.25, 0.3) is 0 Å². The summed E-state index contributed by atoms with van der Waals surface area (Å²) in [4.78, 5) is 11.4. The fourth-order valence-electron chi connectivity index (χ4n) is 1.04. The highest BCUT2D eigenvalue weighted by atomic mass is 16.5. The predicted octanol–water partition coefficient (Wildman–Crippen LogP) is 2.00. The third kappa shape index (κ3) is 3.18. The number of hydrogen-bond acceptors (Lipinski definition) is 3. The predicted molar refractivity (Wildman–Crippen MR) is 53.5 cm³/mol. The Morgan fingerprint density at radius 2 is 2.00 bits per heavy atom. The molecule has 1 aromatic carbocycles. The Bertz CT molecular complexity index is 290. The van der Waals surface area contributed by atoms with Gasteiger partial charge in [0.1, 0.15) is 12.4 Å². The van der Waals surface area contributed by atoms with Gasteiger partial charge in [-0.25, -0.2) is 0 Å². The van der Waals surface area contributed by atoms with Gasteiger partial charge in [0, 0.05) is 12.2 Å². The molecular weight excluding hydrogens is 180 g/mol. The van der Waals surface area contributed by atoms with Crippen molar-refractivity contribution in [2.75, 3.05) is 13.2 Å². The molecule has 0 saturated heterocycles. The number of phenolic OH excluding ortho intramolecular Hbond substituents is 1. The monoisotopic (exact) mass is 194 g/mol. The molecule has 0 fully saturated rings. The Morgan fingerprint density at radius 1 is 1.36 bits per heavy atom. The van der Waals surface area contributed by atoms with E-state index in [9.17, 15) is 4.79 Å². The van der Waals surface area contributed by atoms with Gasteiger partial charge in [-0.05, 0) is 30.7 Å². The Morgan fingerprint density at radius 3 is 2.57 bits per heavy atom. The molecule has 3 heteroatoms. The van der Waals surface area contributed by atoms with Crippen LogP contribution in [0.3, 0.4) is 0 Å². The summed E-state index contributed by atoms with van der Waals surface area (Å²) in [6, 6.07) is 6.17. The summed E-state index contributed by atoms with van der Waals surface area (Å²) in [5.74, 6) is 0.106. The number of Topliss-reactive ketones (excluding diaryl/α,β-unsaturated/α-hetero) is 1. The first-order valence-electron chi connectivity index (χ1n) is 4.64. The lowest BCUT2D eigenvalue weighted by Gasteiger charge is -2.01. The number of benzene rings is 1. The van der Waals surface area contributed by atoms with Crippen LogP contribution in [0.4, 0.5) is 0 Å². The Hall–Kier alpha value is -1.35. The average Bonchev–Trinajstić information content (AvgIpc) is 2.19. The number of ketones is 1. The first-order chi connectivity index (χ1) is 6.74. The van der Waals surface area contributed by atoms with E-state index in [1.807, 2.05) is 6.92 Å². The number of ether oxygens (including phenoxy) is 1. The second-order valence-corrected chi connectivity index (χ2v) is 3.02. The summed E-state index contributed by atoms with van der Waals surface area (Å²) in [6.07, 6.45) is 0.906. The number of rotatable bonds is 5. The van der Waals surface area contributed by atoms with Crippen molar-refractivity contribution >= 4 is 5.78 Å². The van der Waals surface area contributed by atoms with Crippen molar-refractivity contribution in [2.45, 2.75) is 13.3 Å². The van der Waals surface area contributed by atoms with Gasteiger partial charge in [0.05, 0.1) is 0 Å². The summed E-state index contributed by atoms with van der Waals surface area (Å²) < 4.78 is 5.12. The van der Waals surface area contributed by atoms with Crippen LogP contribution in [0.5, 0.6) is 5.75 Å². The first kappa shape index (κ1) is 10.7. The fraction of sp³-hybridized carbons (Fsp3) is 0.364. The van der Waals surface area contributed by atoms with Crippen LogP contribution in [0, 0.1) is 0 Å². The smallest absolute Gasteiger partial charge is 0.188 e. The highest BCUT2D eigenvalue weighted by molar-refractivity contribution is 5.97. The highest BCUT2D eigenvalue weighted by Gasteiger charge is 2.04. The number of aromatic hydroxyl groups is 1. The third-order valence-electron chi connectivity index (χ3n) is 1.77. The van der Waals surface area contributed by atoms with Crippen molar-refractivity contribution in [3.63, 3.8) is 0 Å². The number of carbonyl (C=O) groups excluding carboxylic acids is 1. The molecule has 0 aliphatic heterocycles. The van der Waals surface area contributed by atoms with Crippen molar-refractivity contribution in [3.8, 4) is 5.75 Å². The zero-order valence-corrected chi connectivity index (χ0v) is 8.19. The lowest BCUT2D eigenvalue weighted by molar-refractivity contribution is 0.0761. The first-order valence-corrected chi connectivity index (χ1v) is 4.64. The number of carbonyl (C=O) groups is 1. The molecule has 3 nitrogen and oxygen atoms in total. The molecule has 0 atom stereocenters. The SMILES string of the molecule is CCCOCC(=O)c1ccc(O)cc1. The maximum Gasteiger partial charge on any atom is 0.188 e. The molecule has 76 valence electrons. The van der Waals surface area contributed by atoms with Crippen molar-refractivity contribution in [1.29, 1.82) is 0 Å². The van der Waals surface area contributed by atoms with Crippen LogP contribution in [-0.2, 0) is 4.74 Å². The average molecular weight is 194 g/mol. The van der Waals surface area contributed by atoms with E-state index in [0.29, 0.717) is 12.2 Å². The Balaban J connectivity index is 2.48. The van der Waals surface area contributed by atoms with E-state index in [1.165, 1.54) is 12.1 Å². The minimum atomic E-state index is -0.0570. The largest absolute Gasteiger partial charge is 0.508 e. The van der Waals surface area contributed by atoms with E-state index in [0.717, 1.165) is 6.42 Å². The highest BCUT2D eigenvalue weighted by Crippen LogP contribution is 2.10. The molecule has 0 saturated carbocycles. The second-order valence-electron chi connectivity index (χ2n) is 3.02. The van der Waals surface area contributed by atoms with Gasteiger partial charge in [0.2, 0.25) is 0 Å². The quantitative estimate of drug-likeness (QED) is 0.576. The minimum Gasteiger partial charge on any atom is -0.508 e. The molecule has 0 spiro atoms. The second kappa shape index (κ2) is 5.40. The van der Waals surface area contributed by atoms with E-state index in [2.05, 4.69) is 0 Å². The maximum atomic E-state index is 11.4. The standard InChI is InChI=1S/C11H14O3/c1-2-7-14-8-11(13)9-3-5-10(12)6-4-9/h3-6,12H,2,7-8H2,1H3. The summed E-state index contributed by atoms with van der Waals surface area (Å²) in [5.41, 5.74) is 0.568. The molecule has 1 aromatic rings. The zero-order valence-electron chi connectivity index (χ0n) is 8.19. The summed E-state index contributed by atoms with van der Waals surface area (Å²) >= 11 is 0. The normalized spacial score (nSPS) is 10.1. The Labute approximate surface area is 83.3 Å². The molecule has 0 aliphatic carbocycles. The van der Waals surface area contributed by atoms with Gasteiger partial charge >= 0.3 is 0 Å². The molecule has 0 radical (unpaired) electrons. The van der Waals surface area contributed by atoms with Crippen LogP contribution in [-0.4, -0.2) is 24.1 Å². The molecule has 0 aliphatic rings. The maximum absolute atomic E-state index is 11.4. The summed E-state index contributed by atoms with van der Waals surface area (Å²) in [7, 11) is 0. The minimum absolute atomic E-state index is 0.0570. The van der Waals surface area contributed by atoms with Crippen LogP contribution < -0.4 is 0 Å². The molecule has 1 N–H and O–H groups in total. The Kier molecular flexibility index (Phi) is 4.13. The molecule has 0 unspecified atom stereocenters. The van der Waals surface area contributed by atoms with Crippen molar-refractivity contribution < 1.29 is 14.6 Å². The third-order valence-corrected chi connectivity index (χ3v) is 1.77. The van der Waals surface area contributed by atoms with E-state index >= 15 is 0 Å². The van der Waals surface area contributed by atoms with Crippen LogP contribution in [0.25, 0.3) is 0 Å². The summed E-state index contributed by atoms with van der Waals surface area (Å²) in [6.45, 7) is 2.70. The van der Waals surface area contributed by atoms with Gasteiger partial charge < -0.3 is 9.84 Å². The molecule has 0 amide bonds. The van der Waals surface area contributed by atoms with E-state index < -0.39 is 0 Å². The lowest BCUT2D eigenvalue weighted by atomic mass is 10.1. The fourth-order valence-corrected chi connectivity index (χ4v) is 1.04. The molecule has 0 aromatic heterocycles. The molecule has 0 heterocycles. The molecule has 14 heavy (non-hydrogen) atoms. The molecule has 1 rings (SSSR count). The molecule has 0 bridgehead atoms. The lowest BCUT2D eigenvalue weighted by Crippen LogP contribution is -2.09. The topological polar surface area (TPSA) is 46.5 Å².